The molecule has 8 rings (SSSR count). The molecule has 1 aliphatic carbocycles. The summed E-state index contributed by atoms with van der Waals surface area (Å²) in [4.78, 5) is 27.6. The molecule has 11 nitrogen and oxygen atoms in total. The van der Waals surface area contributed by atoms with Crippen molar-refractivity contribution in [2.45, 2.75) is 95.9 Å². The first-order valence-corrected chi connectivity index (χ1v) is 24.1. The van der Waals surface area contributed by atoms with Gasteiger partial charge in [-0.1, -0.05) is 65.7 Å². The maximum atomic E-state index is 17.7. The van der Waals surface area contributed by atoms with Gasteiger partial charge in [0.15, 0.2) is 12.6 Å². The molecule has 4 aliphatic rings. The van der Waals surface area contributed by atoms with Crippen molar-refractivity contribution in [1.82, 2.24) is 30.4 Å². The van der Waals surface area contributed by atoms with Crippen LogP contribution in [0.4, 0.5) is 9.18 Å². The molecule has 3 aliphatic heterocycles. The number of hydrogen-bond donors (Lipinski definition) is 2. The lowest BCUT2D eigenvalue weighted by molar-refractivity contribution is 0.0512. The highest BCUT2D eigenvalue weighted by Crippen LogP contribution is 2.47. The second-order valence-corrected chi connectivity index (χ2v) is 23.9. The summed E-state index contributed by atoms with van der Waals surface area (Å²) in [5.41, 5.74) is 6.97. The molecule has 4 heterocycles. The Labute approximate surface area is 355 Å². The number of nitrogens with zero attached hydrogens (tertiary/aromatic N) is 4. The standard InChI is InChI=1S/C47H61FN6O5Si/c1-30(2)60(31(3)4,32(5)6)22-15-33-9-8-10-34-23-37(58-29-56-7)24-40(41(33)34)38-13-14-39-43(42(38)48)51-45(57-28-47(16-17-47)27-53-20-18-49-19-21-53)52-44(39)59-46(55)54-35-11-12-36(54)26-50-25-35/h8-10,13-14,23-24,30-32,35-36,49-50H,11-12,16-21,25-29H2,1-7H3. The first kappa shape index (κ1) is 42.4. The van der Waals surface area contributed by atoms with E-state index in [4.69, 9.17) is 23.9 Å². The van der Waals surface area contributed by atoms with Crippen LogP contribution in [-0.4, -0.2) is 112 Å². The summed E-state index contributed by atoms with van der Waals surface area (Å²) >= 11 is 0. The van der Waals surface area contributed by atoms with Crippen LogP contribution in [0.1, 0.15) is 72.8 Å². The largest absolute Gasteiger partial charge is 0.468 e. The first-order chi connectivity index (χ1) is 28.9. The minimum absolute atomic E-state index is 0.0119. The predicted octanol–water partition coefficient (Wildman–Crippen LogP) is 8.14. The molecule has 320 valence electrons. The zero-order valence-corrected chi connectivity index (χ0v) is 37.3. The molecule has 2 bridgehead atoms. The summed E-state index contributed by atoms with van der Waals surface area (Å²) in [5.74, 6) is 3.60. The smallest absolute Gasteiger partial charge is 0.417 e. The Kier molecular flexibility index (Phi) is 12.4. The Hall–Kier alpha value is -4.32. The molecule has 2 unspecified atom stereocenters. The quantitative estimate of drug-likeness (QED) is 0.0779. The van der Waals surface area contributed by atoms with Crippen LogP contribution < -0.4 is 24.8 Å². The van der Waals surface area contributed by atoms with E-state index in [0.29, 0.717) is 58.6 Å². The third-order valence-corrected chi connectivity index (χ3v) is 19.9. The van der Waals surface area contributed by atoms with Gasteiger partial charge in [0.1, 0.15) is 19.3 Å². The minimum atomic E-state index is -2.10. The summed E-state index contributed by atoms with van der Waals surface area (Å²) < 4.78 is 41.4. The molecule has 2 N–H and O–H groups in total. The number of carbonyl (C=O) groups is 1. The first-order valence-electron chi connectivity index (χ1n) is 21.9. The monoisotopic (exact) mass is 836 g/mol. The van der Waals surface area contributed by atoms with E-state index in [1.165, 1.54) is 0 Å². The van der Waals surface area contributed by atoms with E-state index in [0.717, 1.165) is 74.7 Å². The lowest BCUT2D eigenvalue weighted by atomic mass is 9.93. The molecule has 0 spiro atoms. The van der Waals surface area contributed by atoms with Crippen molar-refractivity contribution in [3.63, 3.8) is 0 Å². The molecule has 3 aromatic carbocycles. The summed E-state index contributed by atoms with van der Waals surface area (Å²) in [6, 6.07) is 13.3. The molecule has 1 saturated carbocycles. The Balaban J connectivity index is 1.24. The molecule has 2 atom stereocenters. The van der Waals surface area contributed by atoms with Gasteiger partial charge in [-0.15, -0.1) is 5.54 Å². The summed E-state index contributed by atoms with van der Waals surface area (Å²) in [7, 11) is -0.536. The maximum Gasteiger partial charge on any atom is 0.417 e. The Morgan fingerprint density at radius 3 is 2.32 bits per heavy atom. The van der Waals surface area contributed by atoms with Gasteiger partial charge in [-0.3, -0.25) is 4.90 Å². The number of aromatic nitrogens is 2. The summed E-state index contributed by atoms with van der Waals surface area (Å²) in [5, 5.41) is 8.82. The lowest BCUT2D eigenvalue weighted by Gasteiger charge is -2.38. The van der Waals surface area contributed by atoms with Crippen molar-refractivity contribution < 1.29 is 28.1 Å². The van der Waals surface area contributed by atoms with E-state index < -0.39 is 20.0 Å². The van der Waals surface area contributed by atoms with Crippen LogP contribution in [0.25, 0.3) is 32.8 Å². The van der Waals surface area contributed by atoms with Crippen molar-refractivity contribution >= 4 is 35.8 Å². The molecule has 4 fully saturated rings. The van der Waals surface area contributed by atoms with Crippen LogP contribution in [0, 0.1) is 22.7 Å². The molecule has 4 aromatic rings. The number of piperazine rings is 2. The van der Waals surface area contributed by atoms with E-state index >= 15 is 4.39 Å². The third kappa shape index (κ3) is 8.34. The number of ether oxygens (including phenoxy) is 4. The molecule has 0 radical (unpaired) electrons. The number of methoxy groups -OCH3 is 1. The SMILES string of the molecule is COCOc1cc(-c2ccc3c(OC(=O)N4C5CCC4CNC5)nc(OCC4(CN5CCNCC5)CC4)nc3c2F)c2c(C#C[Si](C(C)C)(C(C)C)C(C)C)cccc2c1. The Morgan fingerprint density at radius 1 is 0.933 bits per heavy atom. The van der Waals surface area contributed by atoms with Crippen molar-refractivity contribution in [3.05, 3.63) is 53.8 Å². The van der Waals surface area contributed by atoms with Crippen LogP contribution >= 0.6 is 0 Å². The molecular weight excluding hydrogens is 776 g/mol. The molecule has 1 aromatic heterocycles. The maximum absolute atomic E-state index is 17.7. The zero-order valence-electron chi connectivity index (χ0n) is 36.3. The van der Waals surface area contributed by atoms with Gasteiger partial charge in [0, 0.05) is 86.9 Å². The van der Waals surface area contributed by atoms with Crippen LogP contribution in [0.3, 0.4) is 0 Å². The lowest BCUT2D eigenvalue weighted by Crippen LogP contribution is -2.55. The van der Waals surface area contributed by atoms with Crippen molar-refractivity contribution in [3.8, 4) is 40.2 Å². The van der Waals surface area contributed by atoms with Gasteiger partial charge in [-0.05, 0) is 77.5 Å². The highest BCUT2D eigenvalue weighted by atomic mass is 28.3. The van der Waals surface area contributed by atoms with Gasteiger partial charge in [-0.2, -0.15) is 9.97 Å². The third-order valence-electron chi connectivity index (χ3n) is 13.6. The number of carbonyl (C=O) groups excluding carboxylic acids is 1. The Morgan fingerprint density at radius 2 is 1.65 bits per heavy atom. The Bertz CT molecular complexity index is 2250. The van der Waals surface area contributed by atoms with Crippen LogP contribution in [0.15, 0.2) is 42.5 Å². The fourth-order valence-electron chi connectivity index (χ4n) is 10.3. The molecule has 60 heavy (non-hydrogen) atoms. The highest BCUT2D eigenvalue weighted by Gasteiger charge is 2.46. The van der Waals surface area contributed by atoms with Gasteiger partial charge < -0.3 is 34.5 Å². The zero-order chi connectivity index (χ0) is 42.2. The average Bonchev–Trinajstić information content (AvgIpc) is 3.94. The van der Waals surface area contributed by atoms with E-state index in [-0.39, 0.29) is 41.7 Å². The fourth-order valence-corrected chi connectivity index (χ4v) is 15.5. The molecule has 3 saturated heterocycles. The highest BCUT2D eigenvalue weighted by molar-refractivity contribution is 6.90. The number of halogens is 1. The van der Waals surface area contributed by atoms with E-state index in [1.807, 2.05) is 35.2 Å². The number of hydrogen-bond acceptors (Lipinski definition) is 10. The summed E-state index contributed by atoms with van der Waals surface area (Å²) in [6.45, 7) is 20.5. The van der Waals surface area contributed by atoms with Gasteiger partial charge in [0.05, 0.1) is 12.0 Å². The van der Waals surface area contributed by atoms with Gasteiger partial charge >= 0.3 is 12.1 Å². The number of benzene rings is 3. The second-order valence-electron chi connectivity index (χ2n) is 18.3. The molecule has 13 heteroatoms. The van der Waals surface area contributed by atoms with Gasteiger partial charge in [0.25, 0.3) is 0 Å². The van der Waals surface area contributed by atoms with E-state index in [9.17, 15) is 4.79 Å². The van der Waals surface area contributed by atoms with Crippen LogP contribution in [0.2, 0.25) is 16.6 Å². The minimum Gasteiger partial charge on any atom is -0.468 e. The number of fused-ring (bicyclic) bond motifs is 4. The molecular formula is C47H61FN6O5Si. The number of amides is 1. The normalized spacial score (nSPS) is 20.2. The van der Waals surface area contributed by atoms with Crippen molar-refractivity contribution in [2.24, 2.45) is 5.41 Å². The number of nitrogens with one attached hydrogen (secondary N) is 2. The number of rotatable bonds is 13. The van der Waals surface area contributed by atoms with Gasteiger partial charge in [-0.25, -0.2) is 9.18 Å². The topological polar surface area (TPSA) is 110 Å². The molecule has 1 amide bonds. The van der Waals surface area contributed by atoms with Crippen molar-refractivity contribution in [2.75, 3.05) is 66.3 Å². The van der Waals surface area contributed by atoms with Crippen LogP contribution in [-0.2, 0) is 4.74 Å². The van der Waals surface area contributed by atoms with Crippen molar-refractivity contribution in [1.29, 1.82) is 0 Å². The summed E-state index contributed by atoms with van der Waals surface area (Å²) in [6.07, 6.45) is 3.39. The van der Waals surface area contributed by atoms with E-state index in [2.05, 4.69) is 73.5 Å². The van der Waals surface area contributed by atoms with Gasteiger partial charge in [0.2, 0.25) is 5.88 Å². The predicted molar refractivity (Wildman–Crippen MR) is 237 cm³/mol. The fraction of sp³-hybridized carbons (Fsp3) is 0.553. The average molecular weight is 837 g/mol. The van der Waals surface area contributed by atoms with Crippen LogP contribution in [0.5, 0.6) is 17.6 Å². The second kappa shape index (κ2) is 17.6. The van der Waals surface area contributed by atoms with E-state index in [1.54, 1.807) is 19.2 Å².